The molecule has 0 unspecified atom stereocenters. The smallest absolute Gasteiger partial charge is 0.120 e. The van der Waals surface area contributed by atoms with Gasteiger partial charge in [0.2, 0.25) is 0 Å². The molecule has 0 atom stereocenters. The summed E-state index contributed by atoms with van der Waals surface area (Å²) >= 11 is 7.87. The highest BCUT2D eigenvalue weighted by molar-refractivity contribution is 7.98. The average molecular weight is 304 g/mol. The Hall–Kier alpha value is -1.63. The van der Waals surface area contributed by atoms with Crippen molar-refractivity contribution in [2.45, 2.75) is 5.75 Å². The van der Waals surface area contributed by atoms with Crippen LogP contribution in [0.15, 0.2) is 48.5 Å². The van der Waals surface area contributed by atoms with E-state index in [1.54, 1.807) is 23.9 Å². The second-order valence-corrected chi connectivity index (χ2v) is 5.64. The fourth-order valence-electron chi connectivity index (χ4n) is 1.67. The van der Waals surface area contributed by atoms with Gasteiger partial charge in [-0.2, -0.15) is 17.0 Å². The number of nitrogens with zero attached hydrogens (tertiary/aromatic N) is 1. The van der Waals surface area contributed by atoms with Crippen LogP contribution < -0.4 is 4.74 Å². The van der Waals surface area contributed by atoms with Crippen molar-refractivity contribution >= 4 is 23.4 Å². The molecule has 2 aromatic rings. The van der Waals surface area contributed by atoms with Crippen molar-refractivity contribution in [1.82, 2.24) is 0 Å². The molecule has 0 aliphatic heterocycles. The molecule has 0 radical (unpaired) electrons. The lowest BCUT2D eigenvalue weighted by atomic mass is 10.2. The van der Waals surface area contributed by atoms with Gasteiger partial charge in [-0.05, 0) is 29.8 Å². The van der Waals surface area contributed by atoms with Gasteiger partial charge in [0.1, 0.15) is 5.75 Å². The summed E-state index contributed by atoms with van der Waals surface area (Å²) < 4.78 is 5.61. The second-order valence-electron chi connectivity index (χ2n) is 4.13. The van der Waals surface area contributed by atoms with E-state index in [0.29, 0.717) is 12.2 Å². The van der Waals surface area contributed by atoms with E-state index >= 15 is 0 Å². The largest absolute Gasteiger partial charge is 0.493 e. The van der Waals surface area contributed by atoms with Crippen LogP contribution in [0.2, 0.25) is 5.02 Å². The summed E-state index contributed by atoms with van der Waals surface area (Å²) in [6.45, 7) is 0.615. The summed E-state index contributed by atoms with van der Waals surface area (Å²) in [5.41, 5.74) is 1.76. The standard InChI is InChI=1S/C16H14ClNOS/c17-16-7-2-1-5-14(16)12-20-9-8-19-15-6-3-4-13(10-15)11-18/h1-7,10H,8-9,12H2. The molecule has 0 saturated carbocycles. The molecule has 0 N–H and O–H groups in total. The number of rotatable bonds is 6. The van der Waals surface area contributed by atoms with Gasteiger partial charge in [-0.25, -0.2) is 0 Å². The topological polar surface area (TPSA) is 33.0 Å². The van der Waals surface area contributed by atoms with Crippen LogP contribution in [0.1, 0.15) is 11.1 Å². The Morgan fingerprint density at radius 2 is 2.00 bits per heavy atom. The molecule has 0 aliphatic carbocycles. The van der Waals surface area contributed by atoms with Crippen molar-refractivity contribution in [3.8, 4) is 11.8 Å². The van der Waals surface area contributed by atoms with Crippen molar-refractivity contribution in [3.63, 3.8) is 0 Å². The summed E-state index contributed by atoms with van der Waals surface area (Å²) in [7, 11) is 0. The minimum absolute atomic E-state index is 0.615. The van der Waals surface area contributed by atoms with Crippen LogP contribution in [0.5, 0.6) is 5.75 Å². The van der Waals surface area contributed by atoms with Crippen molar-refractivity contribution in [3.05, 3.63) is 64.7 Å². The van der Waals surface area contributed by atoms with Crippen LogP contribution in [-0.2, 0) is 5.75 Å². The molecule has 0 fully saturated rings. The van der Waals surface area contributed by atoms with Crippen LogP contribution >= 0.6 is 23.4 Å². The third-order valence-electron chi connectivity index (χ3n) is 2.67. The Morgan fingerprint density at radius 1 is 1.15 bits per heavy atom. The molecule has 2 rings (SSSR count). The van der Waals surface area contributed by atoms with Gasteiger partial charge in [-0.1, -0.05) is 35.9 Å². The zero-order valence-corrected chi connectivity index (χ0v) is 12.5. The van der Waals surface area contributed by atoms with Gasteiger partial charge in [0.15, 0.2) is 0 Å². The third-order valence-corrected chi connectivity index (χ3v) is 4.01. The van der Waals surface area contributed by atoms with E-state index in [1.165, 1.54) is 0 Å². The number of hydrogen-bond acceptors (Lipinski definition) is 3. The van der Waals surface area contributed by atoms with Gasteiger partial charge in [-0.15, -0.1) is 0 Å². The highest BCUT2D eigenvalue weighted by Crippen LogP contribution is 2.21. The highest BCUT2D eigenvalue weighted by Gasteiger charge is 2.00. The molecule has 0 amide bonds. The zero-order valence-electron chi connectivity index (χ0n) is 10.9. The zero-order chi connectivity index (χ0) is 14.2. The van der Waals surface area contributed by atoms with Crippen LogP contribution in [0.3, 0.4) is 0 Å². The van der Waals surface area contributed by atoms with Gasteiger partial charge < -0.3 is 4.74 Å². The molecule has 20 heavy (non-hydrogen) atoms. The Kier molecular flexibility index (Phi) is 5.79. The first-order chi connectivity index (χ1) is 9.79. The van der Waals surface area contributed by atoms with E-state index < -0.39 is 0 Å². The lowest BCUT2D eigenvalue weighted by molar-refractivity contribution is 0.344. The Morgan fingerprint density at radius 3 is 2.80 bits per heavy atom. The normalized spacial score (nSPS) is 10.0. The van der Waals surface area contributed by atoms with Gasteiger partial charge in [-0.3, -0.25) is 0 Å². The van der Waals surface area contributed by atoms with E-state index in [-0.39, 0.29) is 0 Å². The van der Waals surface area contributed by atoms with Gasteiger partial charge in [0, 0.05) is 16.5 Å². The van der Waals surface area contributed by atoms with Crippen LogP contribution in [0, 0.1) is 11.3 Å². The molecule has 0 spiro atoms. The number of ether oxygens (including phenoxy) is 1. The maximum Gasteiger partial charge on any atom is 0.120 e. The van der Waals surface area contributed by atoms with E-state index in [9.17, 15) is 0 Å². The average Bonchev–Trinajstić information content (AvgIpc) is 2.49. The number of thioether (sulfide) groups is 1. The minimum atomic E-state index is 0.615. The maximum absolute atomic E-state index is 8.80. The number of halogens is 1. The molecule has 0 bridgehead atoms. The summed E-state index contributed by atoms with van der Waals surface area (Å²) in [6.07, 6.45) is 0. The van der Waals surface area contributed by atoms with Crippen LogP contribution in [0.4, 0.5) is 0 Å². The molecule has 0 aromatic heterocycles. The maximum atomic E-state index is 8.80. The van der Waals surface area contributed by atoms with E-state index in [4.69, 9.17) is 21.6 Å². The summed E-state index contributed by atoms with van der Waals surface area (Å²) in [5, 5.41) is 9.61. The van der Waals surface area contributed by atoms with Crippen LogP contribution in [-0.4, -0.2) is 12.4 Å². The molecular weight excluding hydrogens is 290 g/mol. The molecule has 0 heterocycles. The predicted octanol–water partition coefficient (Wildman–Crippen LogP) is 4.52. The Labute approximate surface area is 128 Å². The lowest BCUT2D eigenvalue weighted by Gasteiger charge is -2.07. The van der Waals surface area contributed by atoms with Gasteiger partial charge in [0.25, 0.3) is 0 Å². The highest BCUT2D eigenvalue weighted by atomic mass is 35.5. The van der Waals surface area contributed by atoms with Crippen molar-refractivity contribution < 1.29 is 4.74 Å². The predicted molar refractivity (Wildman–Crippen MR) is 84.3 cm³/mol. The van der Waals surface area contributed by atoms with E-state index in [0.717, 1.165) is 27.8 Å². The molecule has 2 aromatic carbocycles. The molecule has 102 valence electrons. The first kappa shape index (κ1) is 14.8. The Balaban J connectivity index is 1.72. The monoisotopic (exact) mass is 303 g/mol. The molecule has 0 aliphatic rings. The molecule has 2 nitrogen and oxygen atoms in total. The summed E-state index contributed by atoms with van der Waals surface area (Å²) in [6, 6.07) is 17.2. The lowest BCUT2D eigenvalue weighted by Crippen LogP contribution is -2.00. The van der Waals surface area contributed by atoms with E-state index in [1.807, 2.05) is 36.4 Å². The van der Waals surface area contributed by atoms with Crippen molar-refractivity contribution in [2.24, 2.45) is 0 Å². The number of benzene rings is 2. The van der Waals surface area contributed by atoms with Gasteiger partial charge in [0.05, 0.1) is 18.2 Å². The number of hydrogen-bond donors (Lipinski definition) is 0. The quantitative estimate of drug-likeness (QED) is 0.735. The van der Waals surface area contributed by atoms with Crippen molar-refractivity contribution in [2.75, 3.05) is 12.4 Å². The minimum Gasteiger partial charge on any atom is -0.493 e. The molecule has 0 saturated heterocycles. The fourth-order valence-corrected chi connectivity index (χ4v) is 2.77. The molecule has 4 heteroatoms. The van der Waals surface area contributed by atoms with Crippen molar-refractivity contribution in [1.29, 1.82) is 5.26 Å². The first-order valence-electron chi connectivity index (χ1n) is 6.24. The first-order valence-corrected chi connectivity index (χ1v) is 7.77. The fraction of sp³-hybridized carbons (Fsp3) is 0.188. The molecular formula is C16H14ClNOS. The second kappa shape index (κ2) is 7.84. The Bertz CT molecular complexity index is 609. The van der Waals surface area contributed by atoms with E-state index in [2.05, 4.69) is 6.07 Å². The summed E-state index contributed by atoms with van der Waals surface area (Å²) in [5.74, 6) is 2.49. The third kappa shape index (κ3) is 4.48. The number of nitriles is 1. The van der Waals surface area contributed by atoms with Crippen LogP contribution in [0.25, 0.3) is 0 Å². The summed E-state index contributed by atoms with van der Waals surface area (Å²) in [4.78, 5) is 0. The van der Waals surface area contributed by atoms with Gasteiger partial charge >= 0.3 is 0 Å². The SMILES string of the molecule is N#Cc1cccc(OCCSCc2ccccc2Cl)c1.